The van der Waals surface area contributed by atoms with Gasteiger partial charge in [-0.1, -0.05) is 81.4 Å². The lowest BCUT2D eigenvalue weighted by molar-refractivity contribution is 0.284. The van der Waals surface area contributed by atoms with Crippen molar-refractivity contribution in [3.8, 4) is 0 Å². The van der Waals surface area contributed by atoms with Gasteiger partial charge < -0.3 is 4.43 Å². The molecule has 5 heteroatoms. The number of rotatable bonds is 5. The Balaban J connectivity index is 2.14. The maximum atomic E-state index is 12.1. The number of hydrogen-bond acceptors (Lipinski definition) is 3. The number of hydrogen-bond donors (Lipinski definition) is 1. The van der Waals surface area contributed by atoms with Gasteiger partial charge in [-0.3, -0.25) is 4.79 Å². The SMILES string of the molecule is CC(C)(C)[Si](OCc1ccn[nH]c1=O)(c1ccccc1)c1ccccc1. The summed E-state index contributed by atoms with van der Waals surface area (Å²) in [5.41, 5.74) is 0.387. The standard InChI is InChI=1S/C21H24N2O2Si/c1-21(2,3)26(18-10-6-4-7-11-18,19-12-8-5-9-13-19)25-16-17-14-15-22-23-20(17)24/h4-15H,16H2,1-3H3,(H,23,24). The van der Waals surface area contributed by atoms with Crippen molar-refractivity contribution in [2.24, 2.45) is 0 Å². The van der Waals surface area contributed by atoms with Crippen molar-refractivity contribution in [1.29, 1.82) is 0 Å². The minimum Gasteiger partial charge on any atom is -0.403 e. The Kier molecular flexibility index (Phi) is 5.20. The van der Waals surface area contributed by atoms with E-state index in [0.29, 0.717) is 5.56 Å². The molecule has 0 saturated heterocycles. The van der Waals surface area contributed by atoms with E-state index in [4.69, 9.17) is 4.43 Å². The molecule has 0 unspecified atom stereocenters. The minimum atomic E-state index is -2.63. The number of aromatic amines is 1. The van der Waals surface area contributed by atoms with E-state index in [0.717, 1.165) is 0 Å². The molecule has 4 nitrogen and oxygen atoms in total. The van der Waals surface area contributed by atoms with Crippen LogP contribution in [-0.2, 0) is 11.0 Å². The van der Waals surface area contributed by atoms with E-state index in [9.17, 15) is 4.79 Å². The van der Waals surface area contributed by atoms with Crippen molar-refractivity contribution < 1.29 is 4.43 Å². The van der Waals surface area contributed by atoms with Crippen molar-refractivity contribution in [2.45, 2.75) is 32.4 Å². The van der Waals surface area contributed by atoms with Crippen molar-refractivity contribution in [3.05, 3.63) is 88.8 Å². The Bertz CT molecular complexity index is 863. The van der Waals surface area contributed by atoms with Crippen molar-refractivity contribution in [2.75, 3.05) is 0 Å². The molecule has 2 aromatic carbocycles. The summed E-state index contributed by atoms with van der Waals surface area (Å²) in [5.74, 6) is 0. The van der Waals surface area contributed by atoms with Gasteiger partial charge >= 0.3 is 0 Å². The van der Waals surface area contributed by atoms with Crippen LogP contribution in [0.1, 0.15) is 26.3 Å². The molecule has 0 radical (unpaired) electrons. The predicted molar refractivity (Wildman–Crippen MR) is 107 cm³/mol. The first-order valence-electron chi connectivity index (χ1n) is 8.73. The fourth-order valence-electron chi connectivity index (χ4n) is 3.43. The zero-order valence-electron chi connectivity index (χ0n) is 15.4. The highest BCUT2D eigenvalue weighted by Crippen LogP contribution is 2.37. The van der Waals surface area contributed by atoms with E-state index >= 15 is 0 Å². The third-order valence-corrected chi connectivity index (χ3v) is 9.65. The average Bonchev–Trinajstić information content (AvgIpc) is 2.64. The molecule has 0 amide bonds. The zero-order chi connectivity index (χ0) is 18.6. The van der Waals surface area contributed by atoms with Crippen LogP contribution < -0.4 is 15.9 Å². The van der Waals surface area contributed by atoms with Crippen LogP contribution in [0.3, 0.4) is 0 Å². The van der Waals surface area contributed by atoms with Gasteiger partial charge in [0.2, 0.25) is 0 Å². The van der Waals surface area contributed by atoms with Gasteiger partial charge in [-0.25, -0.2) is 5.10 Å². The lowest BCUT2D eigenvalue weighted by Crippen LogP contribution is -2.66. The van der Waals surface area contributed by atoms with Gasteiger partial charge in [-0.15, -0.1) is 0 Å². The highest BCUT2D eigenvalue weighted by molar-refractivity contribution is 6.99. The number of nitrogens with zero attached hydrogens (tertiary/aromatic N) is 1. The fourth-order valence-corrected chi connectivity index (χ4v) is 7.96. The summed E-state index contributed by atoms with van der Waals surface area (Å²) in [4.78, 5) is 12.1. The van der Waals surface area contributed by atoms with E-state index < -0.39 is 8.32 Å². The molecule has 0 saturated carbocycles. The van der Waals surface area contributed by atoms with E-state index in [2.05, 4.69) is 55.2 Å². The zero-order valence-corrected chi connectivity index (χ0v) is 16.4. The predicted octanol–water partition coefficient (Wildman–Crippen LogP) is 2.85. The molecule has 134 valence electrons. The lowest BCUT2D eigenvalue weighted by Gasteiger charge is -2.43. The van der Waals surface area contributed by atoms with Gasteiger partial charge in [0.05, 0.1) is 6.61 Å². The molecule has 0 fully saturated rings. The summed E-state index contributed by atoms with van der Waals surface area (Å²) in [6, 6.07) is 22.5. The van der Waals surface area contributed by atoms with E-state index in [1.807, 2.05) is 36.4 Å². The summed E-state index contributed by atoms with van der Waals surface area (Å²) >= 11 is 0. The van der Waals surface area contributed by atoms with Crippen molar-refractivity contribution in [3.63, 3.8) is 0 Å². The molecule has 0 atom stereocenters. The molecular weight excluding hydrogens is 340 g/mol. The number of benzene rings is 2. The van der Waals surface area contributed by atoms with Crippen LogP contribution in [0.15, 0.2) is 77.7 Å². The van der Waals surface area contributed by atoms with Crippen LogP contribution >= 0.6 is 0 Å². The maximum Gasteiger partial charge on any atom is 0.269 e. The van der Waals surface area contributed by atoms with Crippen LogP contribution in [0.2, 0.25) is 5.04 Å². The van der Waals surface area contributed by atoms with Crippen molar-refractivity contribution >= 4 is 18.7 Å². The summed E-state index contributed by atoms with van der Waals surface area (Å²) in [6.45, 7) is 6.91. The molecule has 3 aromatic rings. The van der Waals surface area contributed by atoms with Gasteiger partial charge in [0.15, 0.2) is 0 Å². The van der Waals surface area contributed by atoms with Gasteiger partial charge in [-0.2, -0.15) is 5.10 Å². The molecule has 26 heavy (non-hydrogen) atoms. The summed E-state index contributed by atoms with van der Waals surface area (Å²) < 4.78 is 6.72. The third-order valence-electron chi connectivity index (χ3n) is 4.67. The van der Waals surface area contributed by atoms with Crippen LogP contribution in [0, 0.1) is 0 Å². The molecule has 0 aliphatic heterocycles. The second-order valence-electron chi connectivity index (χ2n) is 7.36. The van der Waals surface area contributed by atoms with Crippen LogP contribution in [0.4, 0.5) is 0 Å². The second-order valence-corrected chi connectivity index (χ2v) is 11.7. The molecule has 0 spiro atoms. The third kappa shape index (κ3) is 3.41. The second kappa shape index (κ2) is 7.39. The summed E-state index contributed by atoms with van der Waals surface area (Å²) in [6.07, 6.45) is 1.59. The first-order valence-corrected chi connectivity index (χ1v) is 10.6. The molecule has 0 aliphatic rings. The molecule has 3 rings (SSSR count). The minimum absolute atomic E-state index is 0.116. The fraction of sp³-hybridized carbons (Fsp3) is 0.238. The largest absolute Gasteiger partial charge is 0.403 e. The average molecular weight is 365 g/mol. The lowest BCUT2D eigenvalue weighted by atomic mass is 10.2. The molecule has 0 bridgehead atoms. The molecule has 1 heterocycles. The molecule has 1 N–H and O–H groups in total. The Morgan fingerprint density at radius 2 is 1.46 bits per heavy atom. The normalized spacial score (nSPS) is 12.1. The van der Waals surface area contributed by atoms with Crippen LogP contribution in [-0.4, -0.2) is 18.5 Å². The van der Waals surface area contributed by atoms with Gasteiger partial charge in [0, 0.05) is 11.8 Å². The quantitative estimate of drug-likeness (QED) is 0.708. The number of H-pyrrole nitrogens is 1. The van der Waals surface area contributed by atoms with Gasteiger partial charge in [-0.05, 0) is 21.5 Å². The summed E-state index contributed by atoms with van der Waals surface area (Å²) in [7, 11) is -2.63. The smallest absolute Gasteiger partial charge is 0.269 e. The van der Waals surface area contributed by atoms with Crippen LogP contribution in [0.5, 0.6) is 0 Å². The monoisotopic (exact) mass is 364 g/mol. The number of aromatic nitrogens is 2. The Labute approximate surface area is 155 Å². The Hall–Kier alpha value is -2.50. The topological polar surface area (TPSA) is 55.0 Å². The first-order chi connectivity index (χ1) is 12.4. The summed E-state index contributed by atoms with van der Waals surface area (Å²) in [5, 5.41) is 8.54. The maximum absolute atomic E-state index is 12.1. The van der Waals surface area contributed by atoms with E-state index in [1.165, 1.54) is 10.4 Å². The Morgan fingerprint density at radius 1 is 0.923 bits per heavy atom. The molecule has 0 aliphatic carbocycles. The van der Waals surface area contributed by atoms with Crippen LogP contribution in [0.25, 0.3) is 0 Å². The van der Waals surface area contributed by atoms with Gasteiger partial charge in [0.25, 0.3) is 13.9 Å². The van der Waals surface area contributed by atoms with Gasteiger partial charge in [0.1, 0.15) is 0 Å². The molecule has 1 aromatic heterocycles. The first kappa shape index (κ1) is 18.3. The van der Waals surface area contributed by atoms with E-state index in [1.54, 1.807) is 12.3 Å². The Morgan fingerprint density at radius 3 is 1.92 bits per heavy atom. The molecular formula is C21H24N2O2Si. The highest BCUT2D eigenvalue weighted by Gasteiger charge is 2.50. The van der Waals surface area contributed by atoms with Crippen molar-refractivity contribution in [1.82, 2.24) is 10.2 Å². The number of nitrogens with one attached hydrogen (secondary N) is 1. The highest BCUT2D eigenvalue weighted by atomic mass is 28.4. The van der Waals surface area contributed by atoms with E-state index in [-0.39, 0.29) is 17.2 Å².